The molecular weight excluding hydrogens is 607 g/mol. The summed E-state index contributed by atoms with van der Waals surface area (Å²) in [4.78, 5) is 40.0. The molecule has 1 saturated heterocycles. The minimum Gasteiger partial charge on any atom is -0.367 e. The second kappa shape index (κ2) is 13.3. The zero-order valence-corrected chi connectivity index (χ0v) is 27.5. The Balaban J connectivity index is 1.28. The Kier molecular flexibility index (Phi) is 9.26. The van der Waals surface area contributed by atoms with E-state index in [1.165, 1.54) is 0 Å². The van der Waals surface area contributed by atoms with Crippen molar-refractivity contribution in [3.63, 3.8) is 0 Å². The van der Waals surface area contributed by atoms with E-state index in [-0.39, 0.29) is 23.8 Å². The summed E-state index contributed by atoms with van der Waals surface area (Å²) in [6.45, 7) is 5.78. The van der Waals surface area contributed by atoms with Gasteiger partial charge in [-0.05, 0) is 74.0 Å². The first-order valence-electron chi connectivity index (χ1n) is 15.5. The first kappa shape index (κ1) is 31.3. The monoisotopic (exact) mass is 646 g/mol. The summed E-state index contributed by atoms with van der Waals surface area (Å²) < 4.78 is 0. The van der Waals surface area contributed by atoms with E-state index >= 15 is 0 Å². The topological polar surface area (TPSA) is 74.9 Å². The molecule has 3 aromatic carbocycles. The number of nitrogens with one attached hydrogen (secondary N) is 2. The number of hydrogen-bond acceptors (Lipinski definition) is 4. The Labute approximate surface area is 274 Å². The smallest absolute Gasteiger partial charge is 0.318 e. The third-order valence-corrected chi connectivity index (χ3v) is 9.64. The molecule has 6 rings (SSSR count). The molecule has 3 amide bonds. The number of hydrogen-bond donors (Lipinski definition) is 2. The van der Waals surface area contributed by atoms with E-state index in [9.17, 15) is 9.59 Å². The number of carbonyl (C=O) groups excluding carboxylic acids is 2. The third kappa shape index (κ3) is 6.64. The maximum absolute atomic E-state index is 14.8. The molecule has 0 spiro atoms. The molecule has 10 heteroatoms. The largest absolute Gasteiger partial charge is 0.367 e. The highest BCUT2D eigenvalue weighted by atomic mass is 35.5. The van der Waals surface area contributed by atoms with Gasteiger partial charge >= 0.3 is 6.03 Å². The number of nitrogens with zero attached hydrogens (tertiary/aromatic N) is 4. The summed E-state index contributed by atoms with van der Waals surface area (Å²) in [7, 11) is 4.10. The van der Waals surface area contributed by atoms with Gasteiger partial charge in [-0.2, -0.15) is 0 Å². The molecule has 236 valence electrons. The van der Waals surface area contributed by atoms with Gasteiger partial charge in [0.1, 0.15) is 6.04 Å². The highest BCUT2D eigenvalue weighted by molar-refractivity contribution is 6.33. The SMILES string of the molecule is CC(c1c[nH]c2ccccc12)C(NC(=O)N1CCN(c2ccccc2Cl)CC1)C(=O)N1C[C@@H](CN(C)C)Cc2cc(Cl)ccc21. The van der Waals surface area contributed by atoms with Crippen molar-refractivity contribution in [2.24, 2.45) is 5.92 Å². The van der Waals surface area contributed by atoms with Crippen LogP contribution >= 0.6 is 23.2 Å². The van der Waals surface area contributed by atoms with E-state index < -0.39 is 6.04 Å². The molecule has 3 heterocycles. The van der Waals surface area contributed by atoms with Gasteiger partial charge in [-0.15, -0.1) is 0 Å². The predicted molar refractivity (Wildman–Crippen MR) is 184 cm³/mol. The Morgan fingerprint density at radius 1 is 0.978 bits per heavy atom. The molecule has 0 saturated carbocycles. The van der Waals surface area contributed by atoms with Crippen LogP contribution in [-0.2, 0) is 11.2 Å². The Bertz CT molecular complexity index is 1680. The van der Waals surface area contributed by atoms with E-state index in [0.717, 1.165) is 46.4 Å². The van der Waals surface area contributed by atoms with Gasteiger partial charge in [0, 0.05) is 73.0 Å². The van der Waals surface area contributed by atoms with E-state index in [1.54, 1.807) is 4.90 Å². The summed E-state index contributed by atoms with van der Waals surface area (Å²) in [6, 6.07) is 20.5. The fourth-order valence-corrected chi connectivity index (χ4v) is 7.31. The number of amides is 3. The number of rotatable bonds is 7. The van der Waals surface area contributed by atoms with Gasteiger partial charge in [-0.1, -0.05) is 60.5 Å². The zero-order chi connectivity index (χ0) is 31.7. The molecule has 2 aliphatic rings. The van der Waals surface area contributed by atoms with Gasteiger partial charge in [-0.3, -0.25) is 4.79 Å². The van der Waals surface area contributed by atoms with E-state index in [1.807, 2.05) is 92.8 Å². The first-order chi connectivity index (χ1) is 21.7. The molecule has 0 bridgehead atoms. The van der Waals surface area contributed by atoms with E-state index in [4.69, 9.17) is 23.2 Å². The number of fused-ring (bicyclic) bond motifs is 2. The van der Waals surface area contributed by atoms with Crippen LogP contribution < -0.4 is 15.1 Å². The van der Waals surface area contributed by atoms with Crippen LogP contribution in [0.4, 0.5) is 16.2 Å². The number of carbonyl (C=O) groups is 2. The van der Waals surface area contributed by atoms with Crippen molar-refractivity contribution >= 4 is 57.4 Å². The van der Waals surface area contributed by atoms with Crippen LogP contribution in [0.1, 0.15) is 24.0 Å². The average Bonchev–Trinajstić information content (AvgIpc) is 3.47. The number of halogens is 2. The quantitative estimate of drug-likeness (QED) is 0.249. The van der Waals surface area contributed by atoms with Crippen LogP contribution in [0, 0.1) is 5.92 Å². The highest BCUT2D eigenvalue weighted by Crippen LogP contribution is 2.35. The van der Waals surface area contributed by atoms with Crippen molar-refractivity contribution in [1.82, 2.24) is 20.1 Å². The summed E-state index contributed by atoms with van der Waals surface area (Å²) >= 11 is 12.9. The number of aromatic amines is 1. The average molecular weight is 648 g/mol. The minimum atomic E-state index is -0.792. The number of para-hydroxylation sites is 2. The number of aromatic nitrogens is 1. The van der Waals surface area contributed by atoms with Crippen molar-refractivity contribution in [3.8, 4) is 0 Å². The molecular formula is C35H40Cl2N6O2. The molecule has 1 aromatic heterocycles. The molecule has 4 aromatic rings. The normalized spacial score (nSPS) is 18.2. The summed E-state index contributed by atoms with van der Waals surface area (Å²) in [5.41, 5.74) is 4.87. The number of H-pyrrole nitrogens is 1. The summed E-state index contributed by atoms with van der Waals surface area (Å²) in [5.74, 6) is -0.192. The number of urea groups is 1. The van der Waals surface area contributed by atoms with Gasteiger partial charge in [0.2, 0.25) is 5.91 Å². The van der Waals surface area contributed by atoms with Gasteiger partial charge < -0.3 is 29.9 Å². The second-order valence-electron chi connectivity index (χ2n) is 12.5. The second-order valence-corrected chi connectivity index (χ2v) is 13.3. The Hall–Kier alpha value is -3.72. The van der Waals surface area contributed by atoms with Gasteiger partial charge in [0.25, 0.3) is 0 Å². The van der Waals surface area contributed by atoms with Crippen LogP contribution in [0.3, 0.4) is 0 Å². The molecule has 3 atom stereocenters. The molecule has 0 radical (unpaired) electrons. The molecule has 8 nitrogen and oxygen atoms in total. The van der Waals surface area contributed by atoms with Crippen LogP contribution in [-0.4, -0.2) is 86.1 Å². The number of anilines is 2. The molecule has 2 aliphatic heterocycles. The van der Waals surface area contributed by atoms with Crippen molar-refractivity contribution in [1.29, 1.82) is 0 Å². The lowest BCUT2D eigenvalue weighted by Gasteiger charge is -2.40. The molecule has 45 heavy (non-hydrogen) atoms. The lowest BCUT2D eigenvalue weighted by Crippen LogP contribution is -2.58. The summed E-state index contributed by atoms with van der Waals surface area (Å²) in [5, 5.41) is 5.60. The number of benzene rings is 3. The van der Waals surface area contributed by atoms with E-state index in [2.05, 4.69) is 26.2 Å². The molecule has 2 N–H and O–H groups in total. The maximum atomic E-state index is 14.8. The summed E-state index contributed by atoms with van der Waals surface area (Å²) in [6.07, 6.45) is 2.80. The van der Waals surface area contributed by atoms with Gasteiger partial charge in [0.15, 0.2) is 0 Å². The van der Waals surface area contributed by atoms with Crippen LogP contribution in [0.2, 0.25) is 10.0 Å². The molecule has 2 unspecified atom stereocenters. The lowest BCUT2D eigenvalue weighted by atomic mass is 9.88. The van der Waals surface area contributed by atoms with Gasteiger partial charge in [-0.25, -0.2) is 4.79 Å². The Morgan fingerprint density at radius 2 is 1.71 bits per heavy atom. The fraction of sp³-hybridized carbons (Fsp3) is 0.371. The zero-order valence-electron chi connectivity index (χ0n) is 26.0. The Morgan fingerprint density at radius 3 is 2.47 bits per heavy atom. The standard InChI is InChI=1S/C35H40Cl2N6O2/c1-23(28-20-38-30-10-6-4-8-27(28)30)33(39-35(45)42-16-14-41(15-17-42)32-11-7-5-9-29(32)37)34(44)43-22-24(21-40(2)3)18-25-19-26(36)12-13-31(25)43/h4-13,19-20,23-24,33,38H,14-18,21-22H2,1-3H3,(H,39,45)/t23?,24-,33?/m1/s1. The lowest BCUT2D eigenvalue weighted by molar-refractivity contribution is -0.121. The van der Waals surface area contributed by atoms with Crippen molar-refractivity contribution < 1.29 is 9.59 Å². The highest BCUT2D eigenvalue weighted by Gasteiger charge is 2.38. The van der Waals surface area contributed by atoms with Crippen LogP contribution in [0.5, 0.6) is 0 Å². The number of piperazine rings is 1. The predicted octanol–water partition coefficient (Wildman–Crippen LogP) is 6.25. The fourth-order valence-electron chi connectivity index (χ4n) is 6.86. The minimum absolute atomic E-state index is 0.122. The van der Waals surface area contributed by atoms with Gasteiger partial charge in [0.05, 0.1) is 10.7 Å². The molecule has 0 aliphatic carbocycles. The van der Waals surface area contributed by atoms with Crippen molar-refractivity contribution in [3.05, 3.63) is 94.1 Å². The van der Waals surface area contributed by atoms with Crippen LogP contribution in [0.25, 0.3) is 10.9 Å². The molecule has 1 fully saturated rings. The first-order valence-corrected chi connectivity index (χ1v) is 16.3. The van der Waals surface area contributed by atoms with Crippen LogP contribution in [0.15, 0.2) is 72.9 Å². The van der Waals surface area contributed by atoms with E-state index in [0.29, 0.717) is 42.8 Å². The van der Waals surface area contributed by atoms with Crippen molar-refractivity contribution in [2.75, 3.05) is 63.2 Å². The maximum Gasteiger partial charge on any atom is 0.318 e. The third-order valence-electron chi connectivity index (χ3n) is 9.09. The van der Waals surface area contributed by atoms with Crippen molar-refractivity contribution in [2.45, 2.75) is 25.3 Å².